The lowest BCUT2D eigenvalue weighted by Crippen LogP contribution is -2.42. The maximum atomic E-state index is 9.13. The summed E-state index contributed by atoms with van der Waals surface area (Å²) in [7, 11) is 0. The predicted octanol–water partition coefficient (Wildman–Crippen LogP) is 3.87. The van der Waals surface area contributed by atoms with Crippen LogP contribution in [0.1, 0.15) is 65.7 Å². The number of rotatable bonds is 6. The molecule has 17 heavy (non-hydrogen) atoms. The molecule has 2 heteroatoms. The predicted molar refractivity (Wildman–Crippen MR) is 72.6 cm³/mol. The van der Waals surface area contributed by atoms with Gasteiger partial charge >= 0.3 is 0 Å². The summed E-state index contributed by atoms with van der Waals surface area (Å²) in [6.45, 7) is 6.83. The Morgan fingerprint density at radius 2 is 1.88 bits per heavy atom. The van der Waals surface area contributed by atoms with Gasteiger partial charge in [-0.1, -0.05) is 39.5 Å². The van der Waals surface area contributed by atoms with Crippen LogP contribution in [0.2, 0.25) is 0 Å². The van der Waals surface area contributed by atoms with Gasteiger partial charge in [0.1, 0.15) is 0 Å². The molecule has 3 atom stereocenters. The van der Waals surface area contributed by atoms with Crippen LogP contribution in [0.4, 0.5) is 0 Å². The molecule has 3 unspecified atom stereocenters. The molecular formula is C15H28N2. The standard InChI is InChI=1S/C15H28N2/c1-12(2)7-6-8-13(3)17-15-10-5-4-9-14(15)11-16/h12-15,17H,4-10H2,1-3H3. The molecule has 1 saturated carbocycles. The van der Waals surface area contributed by atoms with Gasteiger partial charge in [-0.25, -0.2) is 0 Å². The van der Waals surface area contributed by atoms with Crippen LogP contribution in [-0.2, 0) is 0 Å². The first kappa shape index (κ1) is 14.5. The third-order valence-corrected chi connectivity index (χ3v) is 3.85. The summed E-state index contributed by atoms with van der Waals surface area (Å²) in [5.41, 5.74) is 0. The molecular weight excluding hydrogens is 208 g/mol. The van der Waals surface area contributed by atoms with E-state index < -0.39 is 0 Å². The van der Waals surface area contributed by atoms with Gasteiger partial charge < -0.3 is 5.32 Å². The molecule has 0 aliphatic heterocycles. The minimum Gasteiger partial charge on any atom is -0.310 e. The van der Waals surface area contributed by atoms with Crippen molar-refractivity contribution < 1.29 is 0 Å². The second-order valence-electron chi connectivity index (χ2n) is 6.02. The van der Waals surface area contributed by atoms with Crippen LogP contribution in [0.3, 0.4) is 0 Å². The van der Waals surface area contributed by atoms with E-state index in [1.165, 1.54) is 38.5 Å². The van der Waals surface area contributed by atoms with Crippen LogP contribution in [-0.4, -0.2) is 12.1 Å². The zero-order valence-electron chi connectivity index (χ0n) is 11.7. The summed E-state index contributed by atoms with van der Waals surface area (Å²) >= 11 is 0. The number of hydrogen-bond donors (Lipinski definition) is 1. The molecule has 0 saturated heterocycles. The van der Waals surface area contributed by atoms with Gasteiger partial charge in [0.25, 0.3) is 0 Å². The molecule has 1 aliphatic rings. The van der Waals surface area contributed by atoms with Gasteiger partial charge in [0, 0.05) is 12.1 Å². The van der Waals surface area contributed by atoms with Crippen LogP contribution in [0.25, 0.3) is 0 Å². The lowest BCUT2D eigenvalue weighted by molar-refractivity contribution is 0.282. The second-order valence-corrected chi connectivity index (χ2v) is 6.02. The Labute approximate surface area is 107 Å². The van der Waals surface area contributed by atoms with Crippen molar-refractivity contribution in [1.82, 2.24) is 5.32 Å². The normalized spacial score (nSPS) is 26.8. The van der Waals surface area contributed by atoms with Crippen molar-refractivity contribution >= 4 is 0 Å². The van der Waals surface area contributed by atoms with Crippen LogP contribution >= 0.6 is 0 Å². The van der Waals surface area contributed by atoms with Gasteiger partial charge in [-0.15, -0.1) is 0 Å². The van der Waals surface area contributed by atoms with E-state index in [-0.39, 0.29) is 5.92 Å². The van der Waals surface area contributed by atoms with E-state index in [9.17, 15) is 0 Å². The van der Waals surface area contributed by atoms with E-state index in [1.54, 1.807) is 0 Å². The molecule has 1 fully saturated rings. The molecule has 0 amide bonds. The van der Waals surface area contributed by atoms with Crippen LogP contribution in [0, 0.1) is 23.2 Å². The number of hydrogen-bond acceptors (Lipinski definition) is 2. The van der Waals surface area contributed by atoms with Gasteiger partial charge in [-0.05, 0) is 32.1 Å². The summed E-state index contributed by atoms with van der Waals surface area (Å²) in [4.78, 5) is 0. The largest absolute Gasteiger partial charge is 0.310 e. The Hall–Kier alpha value is -0.550. The molecule has 0 spiro atoms. The first-order valence-electron chi connectivity index (χ1n) is 7.29. The summed E-state index contributed by atoms with van der Waals surface area (Å²) in [6.07, 6.45) is 8.66. The van der Waals surface area contributed by atoms with Gasteiger partial charge in [0.05, 0.1) is 12.0 Å². The molecule has 98 valence electrons. The Bertz CT molecular complexity index is 242. The van der Waals surface area contributed by atoms with Crippen molar-refractivity contribution in [2.45, 2.75) is 77.8 Å². The SMILES string of the molecule is CC(C)CCCC(C)NC1CCCCC1C#N. The van der Waals surface area contributed by atoms with Crippen molar-refractivity contribution in [1.29, 1.82) is 5.26 Å². The van der Waals surface area contributed by atoms with Crippen molar-refractivity contribution in [3.05, 3.63) is 0 Å². The van der Waals surface area contributed by atoms with Crippen LogP contribution in [0.5, 0.6) is 0 Å². The Morgan fingerprint density at radius 1 is 1.18 bits per heavy atom. The lowest BCUT2D eigenvalue weighted by atomic mass is 9.85. The third kappa shape index (κ3) is 5.55. The average Bonchev–Trinajstić information content (AvgIpc) is 2.29. The second kappa shape index (κ2) is 7.71. The fraction of sp³-hybridized carbons (Fsp3) is 0.933. The summed E-state index contributed by atoms with van der Waals surface area (Å²) in [6, 6.07) is 3.48. The first-order valence-corrected chi connectivity index (χ1v) is 7.29. The van der Waals surface area contributed by atoms with Crippen molar-refractivity contribution in [3.63, 3.8) is 0 Å². The van der Waals surface area contributed by atoms with Gasteiger partial charge in [0.2, 0.25) is 0 Å². The highest BCUT2D eigenvalue weighted by Gasteiger charge is 2.25. The van der Waals surface area contributed by atoms with E-state index in [1.807, 2.05) is 0 Å². The van der Waals surface area contributed by atoms with E-state index >= 15 is 0 Å². The Balaban J connectivity index is 2.24. The maximum absolute atomic E-state index is 9.13. The zero-order valence-corrected chi connectivity index (χ0v) is 11.7. The average molecular weight is 236 g/mol. The monoisotopic (exact) mass is 236 g/mol. The Kier molecular flexibility index (Phi) is 6.58. The zero-order chi connectivity index (χ0) is 12.7. The summed E-state index contributed by atoms with van der Waals surface area (Å²) in [5.74, 6) is 1.06. The number of nitriles is 1. The van der Waals surface area contributed by atoms with Gasteiger partial charge in [-0.2, -0.15) is 5.26 Å². The maximum Gasteiger partial charge on any atom is 0.0672 e. The van der Waals surface area contributed by atoms with E-state index in [0.717, 1.165) is 12.3 Å². The molecule has 0 aromatic heterocycles. The molecule has 1 rings (SSSR count). The third-order valence-electron chi connectivity index (χ3n) is 3.85. The highest BCUT2D eigenvalue weighted by molar-refractivity contribution is 4.95. The summed E-state index contributed by atoms with van der Waals surface area (Å²) < 4.78 is 0. The highest BCUT2D eigenvalue weighted by Crippen LogP contribution is 2.24. The van der Waals surface area contributed by atoms with E-state index in [4.69, 9.17) is 5.26 Å². The number of nitrogens with zero attached hydrogens (tertiary/aromatic N) is 1. The Morgan fingerprint density at radius 3 is 2.53 bits per heavy atom. The minimum absolute atomic E-state index is 0.247. The highest BCUT2D eigenvalue weighted by atomic mass is 15.0. The smallest absolute Gasteiger partial charge is 0.0672 e. The molecule has 0 aromatic carbocycles. The van der Waals surface area contributed by atoms with Crippen molar-refractivity contribution in [2.75, 3.05) is 0 Å². The lowest BCUT2D eigenvalue weighted by Gasteiger charge is -2.30. The van der Waals surface area contributed by atoms with Crippen molar-refractivity contribution in [2.24, 2.45) is 11.8 Å². The molecule has 0 heterocycles. The fourth-order valence-electron chi connectivity index (χ4n) is 2.77. The molecule has 0 aromatic rings. The van der Waals surface area contributed by atoms with Crippen LogP contribution in [0.15, 0.2) is 0 Å². The first-order chi connectivity index (χ1) is 8.13. The molecule has 1 aliphatic carbocycles. The summed E-state index contributed by atoms with van der Waals surface area (Å²) in [5, 5.41) is 12.8. The fourth-order valence-corrected chi connectivity index (χ4v) is 2.77. The minimum atomic E-state index is 0.247. The topological polar surface area (TPSA) is 35.8 Å². The molecule has 0 bridgehead atoms. The van der Waals surface area contributed by atoms with Crippen molar-refractivity contribution in [3.8, 4) is 6.07 Å². The molecule has 0 radical (unpaired) electrons. The van der Waals surface area contributed by atoms with Gasteiger partial charge in [0.15, 0.2) is 0 Å². The van der Waals surface area contributed by atoms with Gasteiger partial charge in [-0.3, -0.25) is 0 Å². The number of nitrogens with one attached hydrogen (secondary N) is 1. The van der Waals surface area contributed by atoms with E-state index in [2.05, 4.69) is 32.2 Å². The van der Waals surface area contributed by atoms with Crippen LogP contribution < -0.4 is 5.32 Å². The quantitative estimate of drug-likeness (QED) is 0.760. The molecule has 2 nitrogen and oxygen atoms in total. The molecule has 1 N–H and O–H groups in total. The van der Waals surface area contributed by atoms with E-state index in [0.29, 0.717) is 12.1 Å².